The van der Waals surface area contributed by atoms with Gasteiger partial charge in [0.25, 0.3) is 0 Å². The normalized spacial score (nSPS) is 11.7. The lowest BCUT2D eigenvalue weighted by atomic mass is 9.88. The van der Waals surface area contributed by atoms with Crippen LogP contribution in [0.4, 0.5) is 0 Å². The van der Waals surface area contributed by atoms with Crippen LogP contribution in [0.15, 0.2) is 84.9 Å². The fourth-order valence-corrected chi connectivity index (χ4v) is 2.83. The van der Waals surface area contributed by atoms with E-state index in [1.54, 1.807) is 0 Å². The Morgan fingerprint density at radius 1 is 0.800 bits per heavy atom. The van der Waals surface area contributed by atoms with Gasteiger partial charge in [-0.2, -0.15) is 0 Å². The number of rotatable bonds is 7. The molecule has 1 unspecified atom stereocenters. The van der Waals surface area contributed by atoms with Crippen molar-refractivity contribution in [3.8, 4) is 5.75 Å². The second-order valence-corrected chi connectivity index (χ2v) is 5.90. The Labute approximate surface area is 147 Å². The highest BCUT2D eigenvalue weighted by Crippen LogP contribution is 2.29. The molecule has 126 valence electrons. The summed E-state index contributed by atoms with van der Waals surface area (Å²) in [6.07, 6.45) is 0.0637. The highest BCUT2D eigenvalue weighted by molar-refractivity contribution is 5.69. The van der Waals surface area contributed by atoms with Gasteiger partial charge in [-0.1, -0.05) is 72.8 Å². The standard InChI is InChI=1S/C22H20O3/c23-22(24)15-21(18-9-5-2-6-10-18)19-11-13-20(14-12-19)25-16-17-7-3-1-4-8-17/h1-14,21H,15-16H2,(H,23,24). The van der Waals surface area contributed by atoms with Gasteiger partial charge in [0.15, 0.2) is 0 Å². The van der Waals surface area contributed by atoms with Crippen molar-refractivity contribution in [2.45, 2.75) is 18.9 Å². The molecule has 0 saturated heterocycles. The fraction of sp³-hybridized carbons (Fsp3) is 0.136. The zero-order valence-electron chi connectivity index (χ0n) is 13.8. The second kappa shape index (κ2) is 8.15. The van der Waals surface area contributed by atoms with E-state index in [2.05, 4.69) is 0 Å². The molecule has 3 nitrogen and oxygen atoms in total. The molecule has 0 spiro atoms. The van der Waals surface area contributed by atoms with Crippen molar-refractivity contribution in [2.24, 2.45) is 0 Å². The summed E-state index contributed by atoms with van der Waals surface area (Å²) in [5.74, 6) is -0.199. The number of carbonyl (C=O) groups is 1. The molecule has 0 fully saturated rings. The van der Waals surface area contributed by atoms with Crippen molar-refractivity contribution in [3.05, 3.63) is 102 Å². The molecular weight excluding hydrogens is 312 g/mol. The molecule has 3 rings (SSSR count). The molecule has 0 heterocycles. The van der Waals surface area contributed by atoms with E-state index in [1.807, 2.05) is 84.9 Å². The minimum absolute atomic E-state index is 0.0637. The van der Waals surface area contributed by atoms with Crippen molar-refractivity contribution >= 4 is 5.97 Å². The zero-order chi connectivity index (χ0) is 17.5. The largest absolute Gasteiger partial charge is 0.489 e. The van der Waals surface area contributed by atoms with Crippen molar-refractivity contribution in [2.75, 3.05) is 0 Å². The minimum atomic E-state index is -0.807. The summed E-state index contributed by atoms with van der Waals surface area (Å²) in [5, 5.41) is 9.25. The van der Waals surface area contributed by atoms with Gasteiger partial charge in [0.1, 0.15) is 12.4 Å². The predicted octanol–water partition coefficient (Wildman–Crippen LogP) is 4.87. The van der Waals surface area contributed by atoms with Crippen LogP contribution in [-0.2, 0) is 11.4 Å². The number of hydrogen-bond acceptors (Lipinski definition) is 2. The fourth-order valence-electron chi connectivity index (χ4n) is 2.83. The number of benzene rings is 3. The van der Waals surface area contributed by atoms with E-state index in [0.29, 0.717) is 6.61 Å². The van der Waals surface area contributed by atoms with Crippen LogP contribution < -0.4 is 4.74 Å². The molecule has 1 atom stereocenters. The topological polar surface area (TPSA) is 46.5 Å². The SMILES string of the molecule is O=C(O)CC(c1ccccc1)c1ccc(OCc2ccccc2)cc1. The highest BCUT2D eigenvalue weighted by atomic mass is 16.5. The molecule has 1 N–H and O–H groups in total. The quantitative estimate of drug-likeness (QED) is 0.671. The maximum absolute atomic E-state index is 11.3. The van der Waals surface area contributed by atoms with Gasteiger partial charge in [-0.15, -0.1) is 0 Å². The predicted molar refractivity (Wildman–Crippen MR) is 97.8 cm³/mol. The van der Waals surface area contributed by atoms with E-state index in [9.17, 15) is 9.90 Å². The first kappa shape index (κ1) is 16.8. The molecule has 0 aliphatic carbocycles. The van der Waals surface area contributed by atoms with Crippen molar-refractivity contribution < 1.29 is 14.6 Å². The Morgan fingerprint density at radius 3 is 1.96 bits per heavy atom. The van der Waals surface area contributed by atoms with E-state index in [-0.39, 0.29) is 12.3 Å². The van der Waals surface area contributed by atoms with Crippen LogP contribution in [0.3, 0.4) is 0 Å². The van der Waals surface area contributed by atoms with Crippen LogP contribution in [-0.4, -0.2) is 11.1 Å². The van der Waals surface area contributed by atoms with Crippen LogP contribution in [0.25, 0.3) is 0 Å². The van der Waals surface area contributed by atoms with Gasteiger partial charge >= 0.3 is 5.97 Å². The number of carboxylic acid groups (broad SMARTS) is 1. The molecule has 0 aliphatic rings. The summed E-state index contributed by atoms with van der Waals surface area (Å²) in [5.41, 5.74) is 3.09. The lowest BCUT2D eigenvalue weighted by Crippen LogP contribution is -2.08. The lowest BCUT2D eigenvalue weighted by Gasteiger charge is -2.16. The number of ether oxygens (including phenoxy) is 1. The van der Waals surface area contributed by atoms with Gasteiger partial charge in [-0.05, 0) is 28.8 Å². The third kappa shape index (κ3) is 4.70. The molecule has 0 radical (unpaired) electrons. The smallest absolute Gasteiger partial charge is 0.304 e. The van der Waals surface area contributed by atoms with Gasteiger partial charge in [0, 0.05) is 5.92 Å². The summed E-state index contributed by atoms with van der Waals surface area (Å²) in [6.45, 7) is 0.511. The first-order chi connectivity index (χ1) is 12.2. The van der Waals surface area contributed by atoms with Crippen LogP contribution in [0.5, 0.6) is 5.75 Å². The summed E-state index contributed by atoms with van der Waals surface area (Å²) in [6, 6.07) is 27.4. The average Bonchev–Trinajstić information content (AvgIpc) is 2.66. The molecule has 0 aromatic heterocycles. The maximum Gasteiger partial charge on any atom is 0.304 e. The maximum atomic E-state index is 11.3. The summed E-state index contributed by atoms with van der Waals surface area (Å²) < 4.78 is 5.80. The first-order valence-electron chi connectivity index (χ1n) is 8.26. The lowest BCUT2D eigenvalue weighted by molar-refractivity contribution is -0.137. The molecule has 0 bridgehead atoms. The average molecular weight is 332 g/mol. The van der Waals surface area contributed by atoms with Gasteiger partial charge in [-0.25, -0.2) is 0 Å². The van der Waals surface area contributed by atoms with Gasteiger partial charge < -0.3 is 9.84 Å². The molecular formula is C22H20O3. The van der Waals surface area contributed by atoms with E-state index >= 15 is 0 Å². The van der Waals surface area contributed by atoms with Crippen molar-refractivity contribution in [1.29, 1.82) is 0 Å². The van der Waals surface area contributed by atoms with E-state index in [1.165, 1.54) is 0 Å². The number of aliphatic carboxylic acids is 1. The number of carboxylic acids is 1. The van der Waals surface area contributed by atoms with Crippen LogP contribution in [0.1, 0.15) is 29.0 Å². The molecule has 0 aliphatic heterocycles. The van der Waals surface area contributed by atoms with E-state index in [0.717, 1.165) is 22.4 Å². The Kier molecular flexibility index (Phi) is 5.47. The van der Waals surface area contributed by atoms with Crippen LogP contribution >= 0.6 is 0 Å². The highest BCUT2D eigenvalue weighted by Gasteiger charge is 2.17. The van der Waals surface area contributed by atoms with Crippen LogP contribution in [0.2, 0.25) is 0 Å². The van der Waals surface area contributed by atoms with Gasteiger partial charge in [0.05, 0.1) is 6.42 Å². The summed E-state index contributed by atoms with van der Waals surface area (Å²) in [4.78, 5) is 11.3. The van der Waals surface area contributed by atoms with Crippen molar-refractivity contribution in [1.82, 2.24) is 0 Å². The van der Waals surface area contributed by atoms with Gasteiger partial charge in [0.2, 0.25) is 0 Å². The Balaban J connectivity index is 1.73. The molecule has 3 aromatic rings. The first-order valence-corrected chi connectivity index (χ1v) is 8.26. The Bertz CT molecular complexity index is 796. The molecule has 3 aromatic carbocycles. The monoisotopic (exact) mass is 332 g/mol. The zero-order valence-corrected chi connectivity index (χ0v) is 13.8. The van der Waals surface area contributed by atoms with Crippen LogP contribution in [0, 0.1) is 0 Å². The summed E-state index contributed by atoms with van der Waals surface area (Å²) >= 11 is 0. The number of hydrogen-bond donors (Lipinski definition) is 1. The van der Waals surface area contributed by atoms with E-state index in [4.69, 9.17) is 4.74 Å². The van der Waals surface area contributed by atoms with Crippen molar-refractivity contribution in [3.63, 3.8) is 0 Å². The third-order valence-electron chi connectivity index (χ3n) is 4.11. The van der Waals surface area contributed by atoms with Gasteiger partial charge in [-0.3, -0.25) is 4.79 Å². The minimum Gasteiger partial charge on any atom is -0.489 e. The Hall–Kier alpha value is -3.07. The second-order valence-electron chi connectivity index (χ2n) is 5.90. The Morgan fingerprint density at radius 2 is 1.36 bits per heavy atom. The third-order valence-corrected chi connectivity index (χ3v) is 4.11. The summed E-state index contributed by atoms with van der Waals surface area (Å²) in [7, 11) is 0. The molecule has 0 saturated carbocycles. The molecule has 3 heteroatoms. The van der Waals surface area contributed by atoms with E-state index < -0.39 is 5.97 Å². The molecule has 0 amide bonds. The molecule has 25 heavy (non-hydrogen) atoms.